The van der Waals surface area contributed by atoms with E-state index in [1.54, 1.807) is 29.7 Å². The minimum atomic E-state index is -4.73. The molecule has 11 heteroatoms. The van der Waals surface area contributed by atoms with Gasteiger partial charge in [0.15, 0.2) is 6.29 Å². The molecule has 1 aromatic heterocycles. The molecule has 2 N–H and O–H groups in total. The van der Waals surface area contributed by atoms with Crippen LogP contribution in [0.5, 0.6) is 5.75 Å². The lowest BCUT2D eigenvalue weighted by Crippen LogP contribution is -2.52. The molecule has 3 fully saturated rings. The monoisotopic (exact) mass is 506 g/mol. The van der Waals surface area contributed by atoms with Crippen molar-refractivity contribution in [2.45, 2.75) is 57.2 Å². The van der Waals surface area contributed by atoms with Crippen LogP contribution in [0.4, 0.5) is 18.2 Å². The molecular formula is C24H29F3N6OS. The number of hydrazine groups is 1. The number of aliphatic imine (C=N–C) groups is 1. The number of piperidine rings is 1. The summed E-state index contributed by atoms with van der Waals surface area (Å²) in [6.07, 6.45) is -1.10. The number of hydrogen-bond donors (Lipinski definition) is 2. The summed E-state index contributed by atoms with van der Waals surface area (Å²) in [4.78, 5) is 7.38. The van der Waals surface area contributed by atoms with Crippen molar-refractivity contribution in [1.82, 2.24) is 20.1 Å². The van der Waals surface area contributed by atoms with Gasteiger partial charge in [0.25, 0.3) is 0 Å². The number of aryl methyl sites for hydroxylation is 1. The Kier molecular flexibility index (Phi) is 5.89. The highest BCUT2D eigenvalue weighted by atomic mass is 32.1. The standard InChI is InChI=1S/C24H29F3N6OS/c1-14-11-21(35-31-14)32-12-15-8-9-19(18(15)13-32)28-23-29-22-17(6-4-10-33(22)30-23)16-5-2-3-7-20(16)34-24(25,26)27/h2-3,5,7,11,15,17-19,23,28,30H,4,6,8-10,12-13H2,1H3/t15?,17?,18-,19-,23?/m1/s1. The van der Waals surface area contributed by atoms with Gasteiger partial charge in [-0.3, -0.25) is 10.3 Å². The number of alkyl halides is 3. The number of rotatable bonds is 5. The van der Waals surface area contributed by atoms with Crippen LogP contribution in [0.3, 0.4) is 0 Å². The number of amidine groups is 1. The molecule has 0 radical (unpaired) electrons. The van der Waals surface area contributed by atoms with E-state index in [1.807, 2.05) is 11.9 Å². The fourth-order valence-electron chi connectivity index (χ4n) is 6.19. The Morgan fingerprint density at radius 2 is 2.03 bits per heavy atom. The van der Waals surface area contributed by atoms with Crippen LogP contribution in [0.1, 0.15) is 42.9 Å². The summed E-state index contributed by atoms with van der Waals surface area (Å²) in [5.74, 6) is 1.61. The minimum Gasteiger partial charge on any atom is -0.405 e. The molecule has 1 saturated carbocycles. The van der Waals surface area contributed by atoms with Crippen LogP contribution in [-0.2, 0) is 0 Å². The third kappa shape index (κ3) is 4.61. The number of aromatic nitrogens is 1. The van der Waals surface area contributed by atoms with Crippen LogP contribution >= 0.6 is 11.5 Å². The minimum absolute atomic E-state index is 0.144. The zero-order chi connectivity index (χ0) is 24.2. The van der Waals surface area contributed by atoms with Crippen LogP contribution in [0.25, 0.3) is 0 Å². The van der Waals surface area contributed by atoms with Gasteiger partial charge in [0.05, 0.1) is 5.69 Å². The Morgan fingerprint density at radius 1 is 1.17 bits per heavy atom. The number of benzene rings is 1. The quantitative estimate of drug-likeness (QED) is 0.633. The summed E-state index contributed by atoms with van der Waals surface area (Å²) in [5, 5.41) is 6.97. The number of halogens is 3. The lowest BCUT2D eigenvalue weighted by Gasteiger charge is -2.33. The average Bonchev–Trinajstić information content (AvgIpc) is 3.57. The molecule has 1 aliphatic carbocycles. The highest BCUT2D eigenvalue weighted by Gasteiger charge is 2.45. The number of ether oxygens (including phenoxy) is 1. The van der Waals surface area contributed by atoms with Crippen molar-refractivity contribution < 1.29 is 17.9 Å². The van der Waals surface area contributed by atoms with Gasteiger partial charge in [-0.2, -0.15) is 9.80 Å². The molecule has 6 rings (SSSR count). The zero-order valence-electron chi connectivity index (χ0n) is 19.5. The van der Waals surface area contributed by atoms with Gasteiger partial charge in [-0.05, 0) is 68.1 Å². The number of anilines is 1. The van der Waals surface area contributed by atoms with E-state index in [-0.39, 0.29) is 18.0 Å². The fraction of sp³-hybridized carbons (Fsp3) is 0.583. The summed E-state index contributed by atoms with van der Waals surface area (Å²) < 4.78 is 47.8. The van der Waals surface area contributed by atoms with E-state index in [9.17, 15) is 13.2 Å². The van der Waals surface area contributed by atoms with Crippen LogP contribution in [0.2, 0.25) is 0 Å². The summed E-state index contributed by atoms with van der Waals surface area (Å²) in [6.45, 7) is 4.90. The van der Waals surface area contributed by atoms with Crippen LogP contribution in [0, 0.1) is 18.8 Å². The van der Waals surface area contributed by atoms with E-state index in [1.165, 1.54) is 17.5 Å². The normalized spacial score (nSPS) is 30.4. The maximum Gasteiger partial charge on any atom is 0.573 e. The van der Waals surface area contributed by atoms with Gasteiger partial charge < -0.3 is 9.64 Å². The number of para-hydroxylation sites is 1. The maximum atomic E-state index is 13.0. The lowest BCUT2D eigenvalue weighted by atomic mass is 9.89. The highest BCUT2D eigenvalue weighted by Crippen LogP contribution is 2.42. The number of hydrogen-bond acceptors (Lipinski definition) is 8. The van der Waals surface area contributed by atoms with E-state index in [0.29, 0.717) is 23.4 Å². The number of fused-ring (bicyclic) bond motifs is 2. The van der Waals surface area contributed by atoms with Crippen molar-refractivity contribution in [1.29, 1.82) is 0 Å². The molecule has 4 aliphatic rings. The Balaban J connectivity index is 1.17. The van der Waals surface area contributed by atoms with Gasteiger partial charge in [-0.1, -0.05) is 18.2 Å². The summed E-state index contributed by atoms with van der Waals surface area (Å²) in [7, 11) is 0. The molecule has 0 spiro atoms. The Bertz CT molecular complexity index is 1110. The van der Waals surface area contributed by atoms with Crippen molar-refractivity contribution in [2.24, 2.45) is 16.8 Å². The van der Waals surface area contributed by atoms with Gasteiger partial charge in [0, 0.05) is 37.2 Å². The Morgan fingerprint density at radius 3 is 2.83 bits per heavy atom. The first-order chi connectivity index (χ1) is 16.8. The molecule has 35 heavy (non-hydrogen) atoms. The van der Waals surface area contributed by atoms with E-state index in [4.69, 9.17) is 4.99 Å². The zero-order valence-corrected chi connectivity index (χ0v) is 20.3. The van der Waals surface area contributed by atoms with Crippen molar-refractivity contribution >= 4 is 22.4 Å². The second-order valence-corrected chi connectivity index (χ2v) is 10.7. The average molecular weight is 507 g/mol. The van der Waals surface area contributed by atoms with Gasteiger partial charge in [-0.25, -0.2) is 4.99 Å². The Labute approximate surface area is 206 Å². The van der Waals surface area contributed by atoms with E-state index >= 15 is 0 Å². The van der Waals surface area contributed by atoms with E-state index < -0.39 is 6.36 Å². The van der Waals surface area contributed by atoms with Crippen molar-refractivity contribution in [3.8, 4) is 5.75 Å². The molecule has 2 aromatic rings. The number of nitrogens with zero attached hydrogens (tertiary/aromatic N) is 4. The van der Waals surface area contributed by atoms with E-state index in [2.05, 4.69) is 30.8 Å². The first-order valence-corrected chi connectivity index (χ1v) is 13.0. The summed E-state index contributed by atoms with van der Waals surface area (Å²) in [6, 6.07) is 8.94. The number of nitrogens with one attached hydrogen (secondary N) is 2. The second-order valence-electron chi connectivity index (χ2n) is 9.94. The smallest absolute Gasteiger partial charge is 0.405 e. The van der Waals surface area contributed by atoms with Gasteiger partial charge >= 0.3 is 6.36 Å². The van der Waals surface area contributed by atoms with Gasteiger partial charge in [0.2, 0.25) is 0 Å². The third-order valence-electron chi connectivity index (χ3n) is 7.68. The predicted octanol–water partition coefficient (Wildman–Crippen LogP) is 4.23. The van der Waals surface area contributed by atoms with Crippen LogP contribution in [-0.4, -0.2) is 53.5 Å². The fourth-order valence-corrected chi connectivity index (χ4v) is 6.97. The molecule has 4 heterocycles. The predicted molar refractivity (Wildman–Crippen MR) is 128 cm³/mol. The van der Waals surface area contributed by atoms with Gasteiger partial charge in [0.1, 0.15) is 16.6 Å². The molecule has 3 aliphatic heterocycles. The SMILES string of the molecule is Cc1cc(N2CC3CC[C@@H](NC4N=C5C(c6ccccc6OC(F)(F)F)CCCN5N4)[C@@H]3C2)sn1. The summed E-state index contributed by atoms with van der Waals surface area (Å²) >= 11 is 1.57. The summed E-state index contributed by atoms with van der Waals surface area (Å²) in [5.41, 5.74) is 5.04. The van der Waals surface area contributed by atoms with Crippen LogP contribution < -0.4 is 20.4 Å². The van der Waals surface area contributed by atoms with Crippen molar-refractivity contribution in [3.63, 3.8) is 0 Å². The Hall–Kier alpha value is -2.37. The molecular weight excluding hydrogens is 477 g/mol. The first-order valence-electron chi connectivity index (χ1n) is 12.2. The molecule has 3 unspecified atom stereocenters. The molecule has 2 saturated heterocycles. The third-order valence-corrected chi connectivity index (χ3v) is 8.62. The first kappa shape index (κ1) is 23.1. The molecule has 0 amide bonds. The topological polar surface area (TPSA) is 65.0 Å². The highest BCUT2D eigenvalue weighted by molar-refractivity contribution is 7.10. The van der Waals surface area contributed by atoms with Gasteiger partial charge in [-0.15, -0.1) is 13.2 Å². The van der Waals surface area contributed by atoms with Crippen molar-refractivity contribution in [3.05, 3.63) is 41.6 Å². The van der Waals surface area contributed by atoms with Crippen LogP contribution in [0.15, 0.2) is 35.3 Å². The molecule has 5 atom stereocenters. The molecule has 7 nitrogen and oxygen atoms in total. The molecule has 188 valence electrons. The second kappa shape index (κ2) is 8.94. The van der Waals surface area contributed by atoms with E-state index in [0.717, 1.165) is 50.4 Å². The molecule has 1 aromatic carbocycles. The maximum absolute atomic E-state index is 13.0. The lowest BCUT2D eigenvalue weighted by molar-refractivity contribution is -0.274. The molecule has 0 bridgehead atoms. The largest absolute Gasteiger partial charge is 0.573 e. The van der Waals surface area contributed by atoms with Crippen molar-refractivity contribution in [2.75, 3.05) is 24.5 Å².